The highest BCUT2D eigenvalue weighted by molar-refractivity contribution is 7.85. The largest absolute Gasteiger partial charge is 0.748 e. The van der Waals surface area contributed by atoms with E-state index in [-0.39, 0.29) is 47.9 Å². The van der Waals surface area contributed by atoms with Crippen molar-refractivity contribution in [3.8, 4) is 17.2 Å². The number of hydrogen-bond acceptors (Lipinski definition) is 8. The lowest BCUT2D eigenvalue weighted by atomic mass is 9.76. The summed E-state index contributed by atoms with van der Waals surface area (Å²) in [5.74, 6) is -0.849. The van der Waals surface area contributed by atoms with Crippen molar-refractivity contribution in [2.45, 2.75) is 24.7 Å². The zero-order valence-corrected chi connectivity index (χ0v) is 21.6. The maximum absolute atomic E-state index is 13.4. The number of ether oxygens (including phenoxy) is 3. The van der Waals surface area contributed by atoms with E-state index in [9.17, 15) is 22.6 Å². The molecular weight excluding hydrogens is 521 g/mol. The van der Waals surface area contributed by atoms with Crippen LogP contribution in [0.5, 0.6) is 17.2 Å². The van der Waals surface area contributed by atoms with Gasteiger partial charge in [-0.25, -0.2) is 8.42 Å². The second kappa shape index (κ2) is 10.6. The molecule has 1 saturated heterocycles. The molecule has 35 heavy (non-hydrogen) atoms. The van der Waals surface area contributed by atoms with Gasteiger partial charge in [-0.3, -0.25) is 14.5 Å². The van der Waals surface area contributed by atoms with Gasteiger partial charge in [0.2, 0.25) is 11.7 Å². The average Bonchev–Trinajstić information content (AvgIpc) is 3.15. The van der Waals surface area contributed by atoms with Gasteiger partial charge >= 0.3 is 0 Å². The normalized spacial score (nSPS) is 18.0. The second-order valence-corrected chi connectivity index (χ2v) is 10.5. The van der Waals surface area contributed by atoms with Crippen LogP contribution in [-0.2, 0) is 20.3 Å². The molecule has 2 amide bonds. The number of likely N-dealkylation sites (tertiary alicyclic amines) is 1. The van der Waals surface area contributed by atoms with Gasteiger partial charge < -0.3 is 18.8 Å². The van der Waals surface area contributed by atoms with Crippen LogP contribution in [-0.4, -0.2) is 63.3 Å². The van der Waals surface area contributed by atoms with E-state index in [0.29, 0.717) is 16.3 Å². The molecule has 12 heteroatoms. The molecule has 190 valence electrons. The van der Waals surface area contributed by atoms with Gasteiger partial charge in [-0.15, -0.1) is 0 Å². The maximum Gasteiger partial charge on any atom is 0.260 e. The van der Waals surface area contributed by atoms with E-state index < -0.39 is 33.1 Å². The number of carbonyl (C=O) groups is 2. The number of rotatable bonds is 9. The number of amides is 2. The Labute approximate surface area is 213 Å². The molecule has 0 bridgehead atoms. The zero-order valence-electron chi connectivity index (χ0n) is 19.3. The zero-order chi connectivity index (χ0) is 26.0. The fourth-order valence-corrected chi connectivity index (χ4v) is 5.09. The number of hydrogen-bond donors (Lipinski definition) is 0. The Morgan fingerprint density at radius 3 is 2.20 bits per heavy atom. The SMILES string of the molecule is COc1cc(C(=O)N2CC(CCCS(=O)(=O)[O-])(c3ccc(Cl)c(Cl)c3)CC2=O)cc(OC)c1OC. The molecule has 1 fully saturated rings. The van der Waals surface area contributed by atoms with Gasteiger partial charge in [-0.2, -0.15) is 0 Å². The first-order valence-electron chi connectivity index (χ1n) is 10.5. The lowest BCUT2D eigenvalue weighted by Gasteiger charge is -2.30. The summed E-state index contributed by atoms with van der Waals surface area (Å²) < 4.78 is 49.4. The number of imide groups is 1. The van der Waals surface area contributed by atoms with Crippen LogP contribution in [0.1, 0.15) is 35.2 Å². The number of halogens is 2. The summed E-state index contributed by atoms with van der Waals surface area (Å²) in [4.78, 5) is 27.6. The monoisotopic (exact) mass is 544 g/mol. The lowest BCUT2D eigenvalue weighted by Crippen LogP contribution is -2.36. The van der Waals surface area contributed by atoms with E-state index in [4.69, 9.17) is 37.4 Å². The Bertz CT molecular complexity index is 1230. The van der Waals surface area contributed by atoms with Crippen molar-refractivity contribution < 1.29 is 36.8 Å². The highest BCUT2D eigenvalue weighted by Gasteiger charge is 2.47. The van der Waals surface area contributed by atoms with E-state index in [1.165, 1.54) is 33.5 Å². The van der Waals surface area contributed by atoms with Gasteiger partial charge in [0, 0.05) is 29.7 Å². The summed E-state index contributed by atoms with van der Waals surface area (Å²) in [6, 6.07) is 7.73. The smallest absolute Gasteiger partial charge is 0.260 e. The molecule has 1 atom stereocenters. The molecular formula is C23H24Cl2NO8S-. The third-order valence-corrected chi connectivity index (χ3v) is 7.52. The van der Waals surface area contributed by atoms with Crippen LogP contribution in [0.15, 0.2) is 30.3 Å². The number of carbonyl (C=O) groups excluding carboxylic acids is 2. The van der Waals surface area contributed by atoms with Crippen LogP contribution in [0.2, 0.25) is 10.0 Å². The van der Waals surface area contributed by atoms with Crippen LogP contribution in [0.4, 0.5) is 0 Å². The molecule has 0 aliphatic carbocycles. The molecule has 0 spiro atoms. The standard InChI is InChI=1S/C23H25Cl2NO8S/c1-32-18-9-14(10-19(33-2)21(18)34-3)22(28)26-13-23(12-20(26)27,7-4-8-35(29,30)31)15-5-6-16(24)17(25)11-15/h5-6,9-11H,4,7-8,12-13H2,1-3H3,(H,29,30,31)/p-1. The summed E-state index contributed by atoms with van der Waals surface area (Å²) in [6.45, 7) is -0.0435. The quantitative estimate of drug-likeness (QED) is 0.346. The molecule has 0 aromatic heterocycles. The summed E-state index contributed by atoms with van der Waals surface area (Å²) in [7, 11) is -0.203. The minimum Gasteiger partial charge on any atom is -0.748 e. The highest BCUT2D eigenvalue weighted by atomic mass is 35.5. The molecule has 0 radical (unpaired) electrons. The molecule has 1 aliphatic heterocycles. The predicted molar refractivity (Wildman–Crippen MR) is 129 cm³/mol. The van der Waals surface area contributed by atoms with E-state index in [1.807, 2.05) is 0 Å². The molecule has 9 nitrogen and oxygen atoms in total. The molecule has 1 heterocycles. The summed E-state index contributed by atoms with van der Waals surface area (Å²) in [5.41, 5.74) is -0.199. The first kappa shape index (κ1) is 27.1. The first-order valence-corrected chi connectivity index (χ1v) is 12.8. The average molecular weight is 545 g/mol. The molecule has 3 rings (SSSR count). The topological polar surface area (TPSA) is 122 Å². The van der Waals surface area contributed by atoms with Crippen LogP contribution >= 0.6 is 23.2 Å². The summed E-state index contributed by atoms with van der Waals surface area (Å²) >= 11 is 12.3. The van der Waals surface area contributed by atoms with Crippen molar-refractivity contribution in [2.75, 3.05) is 33.6 Å². The Hall–Kier alpha value is -2.53. The second-order valence-electron chi connectivity index (χ2n) is 8.15. The molecule has 1 aliphatic rings. The van der Waals surface area contributed by atoms with Crippen LogP contribution in [0.3, 0.4) is 0 Å². The van der Waals surface area contributed by atoms with Crippen LogP contribution < -0.4 is 14.2 Å². The van der Waals surface area contributed by atoms with Crippen molar-refractivity contribution in [3.05, 3.63) is 51.5 Å². The van der Waals surface area contributed by atoms with E-state index >= 15 is 0 Å². The Morgan fingerprint density at radius 1 is 1.06 bits per heavy atom. The minimum atomic E-state index is -4.45. The molecule has 2 aromatic carbocycles. The Kier molecular flexibility index (Phi) is 8.21. The van der Waals surface area contributed by atoms with Crippen molar-refractivity contribution >= 4 is 45.1 Å². The molecule has 1 unspecified atom stereocenters. The minimum absolute atomic E-state index is 0.00553. The third kappa shape index (κ3) is 5.83. The van der Waals surface area contributed by atoms with Gasteiger partial charge in [0.1, 0.15) is 0 Å². The number of benzene rings is 2. The molecule has 0 saturated carbocycles. The molecule has 0 N–H and O–H groups in total. The summed E-state index contributed by atoms with van der Waals surface area (Å²) in [5, 5.41) is 0.559. The van der Waals surface area contributed by atoms with Gasteiger partial charge in [-0.1, -0.05) is 29.3 Å². The fourth-order valence-electron chi connectivity index (χ4n) is 4.30. The van der Waals surface area contributed by atoms with E-state index in [1.54, 1.807) is 18.2 Å². The predicted octanol–water partition coefficient (Wildman–Crippen LogP) is 3.66. The highest BCUT2D eigenvalue weighted by Crippen LogP contribution is 2.43. The summed E-state index contributed by atoms with van der Waals surface area (Å²) in [6.07, 6.45) is 0.0861. The van der Waals surface area contributed by atoms with Gasteiger partial charge in [0.25, 0.3) is 5.91 Å². The fraction of sp³-hybridized carbons (Fsp3) is 0.391. The van der Waals surface area contributed by atoms with Gasteiger partial charge in [0.05, 0.1) is 41.5 Å². The van der Waals surface area contributed by atoms with Crippen LogP contribution in [0, 0.1) is 0 Å². The third-order valence-electron chi connectivity index (χ3n) is 5.99. The van der Waals surface area contributed by atoms with Crippen molar-refractivity contribution in [1.82, 2.24) is 4.90 Å². The van der Waals surface area contributed by atoms with Crippen LogP contribution in [0.25, 0.3) is 0 Å². The molecule has 2 aromatic rings. The Balaban J connectivity index is 2.00. The van der Waals surface area contributed by atoms with E-state index in [0.717, 1.165) is 4.90 Å². The number of methoxy groups -OCH3 is 3. The van der Waals surface area contributed by atoms with Crippen molar-refractivity contribution in [3.63, 3.8) is 0 Å². The van der Waals surface area contributed by atoms with Crippen molar-refractivity contribution in [2.24, 2.45) is 0 Å². The maximum atomic E-state index is 13.4. The van der Waals surface area contributed by atoms with Gasteiger partial charge in [0.15, 0.2) is 11.5 Å². The first-order chi connectivity index (χ1) is 16.4. The van der Waals surface area contributed by atoms with E-state index in [2.05, 4.69) is 0 Å². The van der Waals surface area contributed by atoms with Crippen molar-refractivity contribution in [1.29, 1.82) is 0 Å². The Morgan fingerprint density at radius 2 is 1.69 bits per heavy atom. The van der Waals surface area contributed by atoms with Gasteiger partial charge in [-0.05, 0) is 42.7 Å². The lowest BCUT2D eigenvalue weighted by molar-refractivity contribution is -0.125. The number of nitrogens with zero attached hydrogens (tertiary/aromatic N) is 1.